The van der Waals surface area contributed by atoms with Crippen molar-refractivity contribution in [2.45, 2.75) is 0 Å². The summed E-state index contributed by atoms with van der Waals surface area (Å²) in [6.07, 6.45) is -0.493. The van der Waals surface area contributed by atoms with E-state index in [9.17, 15) is 4.79 Å². The van der Waals surface area contributed by atoms with Gasteiger partial charge in [0.15, 0.2) is 0 Å². The predicted octanol–water partition coefficient (Wildman–Crippen LogP) is 2.18. The molecule has 0 saturated carbocycles. The van der Waals surface area contributed by atoms with E-state index in [0.717, 1.165) is 5.33 Å². The van der Waals surface area contributed by atoms with Crippen molar-refractivity contribution >= 4 is 22.0 Å². The van der Waals surface area contributed by atoms with E-state index in [2.05, 4.69) is 21.2 Å². The number of amides is 1. The van der Waals surface area contributed by atoms with E-state index in [-0.39, 0.29) is 0 Å². The minimum atomic E-state index is -0.493. The molecular formula is C10H12BrNO3. The third kappa shape index (κ3) is 4.20. The zero-order valence-electron chi connectivity index (χ0n) is 8.33. The van der Waals surface area contributed by atoms with Crippen molar-refractivity contribution in [2.75, 3.05) is 19.0 Å². The first-order valence-electron chi connectivity index (χ1n) is 4.44. The Morgan fingerprint density at radius 3 is 2.87 bits per heavy atom. The van der Waals surface area contributed by atoms with Gasteiger partial charge in [-0.05, 0) is 12.1 Å². The first-order valence-corrected chi connectivity index (χ1v) is 5.57. The van der Waals surface area contributed by atoms with Crippen molar-refractivity contribution in [3.05, 3.63) is 24.3 Å². The minimum Gasteiger partial charge on any atom is -0.493 e. The molecule has 1 aromatic carbocycles. The average molecular weight is 274 g/mol. The van der Waals surface area contributed by atoms with Gasteiger partial charge in [-0.15, -0.1) is 0 Å². The Morgan fingerprint density at radius 2 is 2.20 bits per heavy atom. The van der Waals surface area contributed by atoms with Crippen LogP contribution in [-0.4, -0.2) is 25.1 Å². The smallest absolute Gasteiger partial charge is 0.412 e. The summed E-state index contributed by atoms with van der Waals surface area (Å²) >= 11 is 3.26. The van der Waals surface area contributed by atoms with E-state index in [4.69, 9.17) is 9.47 Å². The Hall–Kier alpha value is -1.23. The number of carbonyl (C=O) groups excluding carboxylic acids is 1. The van der Waals surface area contributed by atoms with Crippen molar-refractivity contribution in [1.29, 1.82) is 0 Å². The zero-order chi connectivity index (χ0) is 11.1. The van der Waals surface area contributed by atoms with Crippen LogP contribution in [0.3, 0.4) is 0 Å². The fraction of sp³-hybridized carbons (Fsp3) is 0.300. The second kappa shape index (κ2) is 6.29. The Morgan fingerprint density at radius 1 is 1.47 bits per heavy atom. The molecule has 0 radical (unpaired) electrons. The Labute approximate surface area is 96.7 Å². The van der Waals surface area contributed by atoms with E-state index in [1.165, 1.54) is 7.05 Å². The lowest BCUT2D eigenvalue weighted by molar-refractivity contribution is 0.202. The SMILES string of the molecule is CNC(=O)Oc1cccc(OCCBr)c1. The summed E-state index contributed by atoms with van der Waals surface area (Å²) in [7, 11) is 1.51. The number of benzene rings is 1. The van der Waals surface area contributed by atoms with Crippen LogP contribution >= 0.6 is 15.9 Å². The molecule has 0 heterocycles. The molecule has 0 fully saturated rings. The van der Waals surface area contributed by atoms with Gasteiger partial charge in [0.25, 0.3) is 0 Å². The summed E-state index contributed by atoms with van der Waals surface area (Å²) in [6, 6.07) is 6.93. The van der Waals surface area contributed by atoms with Crippen LogP contribution in [0.4, 0.5) is 4.79 Å². The van der Waals surface area contributed by atoms with Crippen LogP contribution < -0.4 is 14.8 Å². The highest BCUT2D eigenvalue weighted by atomic mass is 79.9. The highest BCUT2D eigenvalue weighted by Crippen LogP contribution is 2.19. The number of ether oxygens (including phenoxy) is 2. The van der Waals surface area contributed by atoms with Gasteiger partial charge in [0.1, 0.15) is 11.5 Å². The first kappa shape index (κ1) is 11.8. The second-order valence-electron chi connectivity index (χ2n) is 2.65. The Balaban J connectivity index is 2.61. The predicted molar refractivity (Wildman–Crippen MR) is 60.8 cm³/mol. The van der Waals surface area contributed by atoms with Gasteiger partial charge in [-0.25, -0.2) is 4.79 Å². The molecule has 5 heteroatoms. The van der Waals surface area contributed by atoms with Crippen molar-refractivity contribution in [1.82, 2.24) is 5.32 Å². The molecule has 0 aliphatic heterocycles. The lowest BCUT2D eigenvalue weighted by Gasteiger charge is -2.06. The molecule has 0 saturated heterocycles. The van der Waals surface area contributed by atoms with Crippen LogP contribution in [-0.2, 0) is 0 Å². The number of hydrogen-bond donors (Lipinski definition) is 1. The van der Waals surface area contributed by atoms with E-state index in [0.29, 0.717) is 18.1 Å². The topological polar surface area (TPSA) is 47.6 Å². The molecule has 1 rings (SSSR count). The number of nitrogens with one attached hydrogen (secondary N) is 1. The number of carbonyl (C=O) groups is 1. The van der Waals surface area contributed by atoms with E-state index < -0.39 is 6.09 Å². The van der Waals surface area contributed by atoms with Gasteiger partial charge < -0.3 is 14.8 Å². The molecule has 0 aromatic heterocycles. The summed E-state index contributed by atoms with van der Waals surface area (Å²) in [5, 5.41) is 3.12. The molecule has 4 nitrogen and oxygen atoms in total. The van der Waals surface area contributed by atoms with Crippen molar-refractivity contribution in [3.63, 3.8) is 0 Å². The summed E-state index contributed by atoms with van der Waals surface area (Å²) in [6.45, 7) is 0.573. The van der Waals surface area contributed by atoms with E-state index in [1.54, 1.807) is 24.3 Å². The lowest BCUT2D eigenvalue weighted by atomic mass is 10.3. The van der Waals surface area contributed by atoms with Crippen molar-refractivity contribution < 1.29 is 14.3 Å². The van der Waals surface area contributed by atoms with Gasteiger partial charge in [-0.2, -0.15) is 0 Å². The summed E-state index contributed by atoms with van der Waals surface area (Å²) < 4.78 is 10.3. The zero-order valence-corrected chi connectivity index (χ0v) is 9.91. The normalized spacial score (nSPS) is 9.47. The second-order valence-corrected chi connectivity index (χ2v) is 3.44. The molecule has 0 aliphatic rings. The quantitative estimate of drug-likeness (QED) is 0.856. The molecule has 0 atom stereocenters. The van der Waals surface area contributed by atoms with Crippen LogP contribution in [0.15, 0.2) is 24.3 Å². The maximum absolute atomic E-state index is 10.9. The van der Waals surface area contributed by atoms with Gasteiger partial charge in [0.05, 0.1) is 6.61 Å². The maximum Gasteiger partial charge on any atom is 0.412 e. The number of rotatable bonds is 4. The Bertz CT molecular complexity index is 330. The van der Waals surface area contributed by atoms with Gasteiger partial charge in [-0.1, -0.05) is 22.0 Å². The van der Waals surface area contributed by atoms with Crippen LogP contribution in [0.5, 0.6) is 11.5 Å². The van der Waals surface area contributed by atoms with E-state index >= 15 is 0 Å². The molecule has 1 N–H and O–H groups in total. The molecule has 1 amide bonds. The van der Waals surface area contributed by atoms with Crippen LogP contribution in [0.2, 0.25) is 0 Å². The molecule has 0 spiro atoms. The average Bonchev–Trinajstić information content (AvgIpc) is 2.26. The fourth-order valence-electron chi connectivity index (χ4n) is 0.942. The first-order chi connectivity index (χ1) is 7.26. The molecule has 1 aromatic rings. The van der Waals surface area contributed by atoms with Crippen molar-refractivity contribution in [3.8, 4) is 11.5 Å². The molecule has 0 aliphatic carbocycles. The van der Waals surface area contributed by atoms with Crippen LogP contribution in [0.1, 0.15) is 0 Å². The molecule has 0 bridgehead atoms. The molecular weight excluding hydrogens is 262 g/mol. The summed E-state index contributed by atoms with van der Waals surface area (Å²) in [5.74, 6) is 1.14. The Kier molecular flexibility index (Phi) is 4.97. The van der Waals surface area contributed by atoms with Gasteiger partial charge in [0, 0.05) is 18.4 Å². The monoisotopic (exact) mass is 273 g/mol. The van der Waals surface area contributed by atoms with Gasteiger partial charge in [-0.3, -0.25) is 0 Å². The third-order valence-electron chi connectivity index (χ3n) is 1.57. The number of halogens is 1. The third-order valence-corrected chi connectivity index (χ3v) is 1.89. The van der Waals surface area contributed by atoms with Crippen LogP contribution in [0, 0.1) is 0 Å². The largest absolute Gasteiger partial charge is 0.493 e. The maximum atomic E-state index is 10.9. The number of hydrogen-bond acceptors (Lipinski definition) is 3. The lowest BCUT2D eigenvalue weighted by Crippen LogP contribution is -2.21. The molecule has 82 valence electrons. The highest BCUT2D eigenvalue weighted by Gasteiger charge is 2.02. The molecule has 0 unspecified atom stereocenters. The number of alkyl halides is 1. The standard InChI is InChI=1S/C10H12BrNO3/c1-12-10(13)15-9-4-2-3-8(7-9)14-6-5-11/h2-4,7H,5-6H2,1H3,(H,12,13). The van der Waals surface area contributed by atoms with Crippen molar-refractivity contribution in [2.24, 2.45) is 0 Å². The molecule has 15 heavy (non-hydrogen) atoms. The minimum absolute atomic E-state index is 0.460. The van der Waals surface area contributed by atoms with Gasteiger partial charge >= 0.3 is 6.09 Å². The van der Waals surface area contributed by atoms with E-state index in [1.807, 2.05) is 0 Å². The van der Waals surface area contributed by atoms with Gasteiger partial charge in [0.2, 0.25) is 0 Å². The summed E-state index contributed by atoms with van der Waals surface area (Å²) in [5.41, 5.74) is 0. The summed E-state index contributed by atoms with van der Waals surface area (Å²) in [4.78, 5) is 10.9. The van der Waals surface area contributed by atoms with Crippen LogP contribution in [0.25, 0.3) is 0 Å². The fourth-order valence-corrected chi connectivity index (χ4v) is 1.10. The highest BCUT2D eigenvalue weighted by molar-refractivity contribution is 9.09.